The van der Waals surface area contributed by atoms with E-state index in [2.05, 4.69) is 43.8 Å². The molecule has 0 spiro atoms. The standard InChI is InChI=1S/C13H12BrIN2O/c1-18-12-4-2-3-11(13(12)16)17-8-5-6-9(14)10(15)7-8/h2-7,17H,16H2,1H3. The van der Waals surface area contributed by atoms with Gasteiger partial charge in [-0.15, -0.1) is 0 Å². The molecule has 0 atom stereocenters. The summed E-state index contributed by atoms with van der Waals surface area (Å²) < 4.78 is 7.41. The molecule has 0 aromatic heterocycles. The Morgan fingerprint density at radius 3 is 2.72 bits per heavy atom. The van der Waals surface area contributed by atoms with Crippen LogP contribution in [0, 0.1) is 3.57 Å². The monoisotopic (exact) mass is 418 g/mol. The maximum Gasteiger partial charge on any atom is 0.143 e. The molecule has 5 heteroatoms. The van der Waals surface area contributed by atoms with E-state index in [4.69, 9.17) is 10.5 Å². The number of benzene rings is 2. The zero-order valence-electron chi connectivity index (χ0n) is 9.71. The van der Waals surface area contributed by atoms with Crippen molar-refractivity contribution in [3.8, 4) is 5.75 Å². The second-order valence-electron chi connectivity index (χ2n) is 3.68. The SMILES string of the molecule is COc1cccc(Nc2ccc(Br)c(I)c2)c1N. The Labute approximate surface area is 128 Å². The number of ether oxygens (including phenoxy) is 1. The third-order valence-electron chi connectivity index (χ3n) is 2.48. The summed E-state index contributed by atoms with van der Waals surface area (Å²) in [5.41, 5.74) is 8.45. The summed E-state index contributed by atoms with van der Waals surface area (Å²) in [6.45, 7) is 0. The van der Waals surface area contributed by atoms with E-state index < -0.39 is 0 Å². The lowest BCUT2D eigenvalue weighted by molar-refractivity contribution is 0.417. The fourth-order valence-electron chi connectivity index (χ4n) is 1.56. The first kappa shape index (κ1) is 13.5. The van der Waals surface area contributed by atoms with Crippen LogP contribution in [0.3, 0.4) is 0 Å². The first-order valence-corrected chi connectivity index (χ1v) is 7.13. The van der Waals surface area contributed by atoms with Gasteiger partial charge in [0.15, 0.2) is 0 Å². The molecule has 3 nitrogen and oxygen atoms in total. The van der Waals surface area contributed by atoms with Gasteiger partial charge in [0.05, 0.1) is 18.5 Å². The Balaban J connectivity index is 2.31. The summed E-state index contributed by atoms with van der Waals surface area (Å²) in [5.74, 6) is 0.673. The van der Waals surface area contributed by atoms with Crippen molar-refractivity contribution in [3.05, 3.63) is 44.4 Å². The van der Waals surface area contributed by atoms with Gasteiger partial charge >= 0.3 is 0 Å². The number of halogens is 2. The van der Waals surface area contributed by atoms with Crippen molar-refractivity contribution in [2.24, 2.45) is 0 Å². The first-order valence-electron chi connectivity index (χ1n) is 5.26. The van der Waals surface area contributed by atoms with Gasteiger partial charge < -0.3 is 15.8 Å². The van der Waals surface area contributed by atoms with Gasteiger partial charge in [-0.2, -0.15) is 0 Å². The Kier molecular flexibility index (Phi) is 4.34. The highest BCUT2D eigenvalue weighted by atomic mass is 127. The van der Waals surface area contributed by atoms with E-state index in [0.29, 0.717) is 11.4 Å². The molecule has 3 N–H and O–H groups in total. The van der Waals surface area contributed by atoms with Crippen LogP contribution in [0.2, 0.25) is 0 Å². The van der Waals surface area contributed by atoms with Crippen LogP contribution >= 0.6 is 38.5 Å². The second-order valence-corrected chi connectivity index (χ2v) is 5.69. The topological polar surface area (TPSA) is 47.3 Å². The Morgan fingerprint density at radius 1 is 1.28 bits per heavy atom. The molecule has 0 fully saturated rings. The molecule has 2 aromatic rings. The van der Waals surface area contributed by atoms with Gasteiger partial charge in [-0.05, 0) is 68.9 Å². The van der Waals surface area contributed by atoms with E-state index in [0.717, 1.165) is 19.4 Å². The lowest BCUT2D eigenvalue weighted by Crippen LogP contribution is -1.99. The molecule has 2 rings (SSSR count). The summed E-state index contributed by atoms with van der Waals surface area (Å²) in [4.78, 5) is 0. The Bertz CT molecular complexity index is 575. The fraction of sp³-hybridized carbons (Fsp3) is 0.0769. The number of hydrogen-bond acceptors (Lipinski definition) is 3. The van der Waals surface area contributed by atoms with Crippen LogP contribution < -0.4 is 15.8 Å². The van der Waals surface area contributed by atoms with E-state index in [9.17, 15) is 0 Å². The number of nitrogens with one attached hydrogen (secondary N) is 1. The van der Waals surface area contributed by atoms with Gasteiger partial charge in [0.25, 0.3) is 0 Å². The lowest BCUT2D eigenvalue weighted by Gasteiger charge is -2.12. The minimum atomic E-state index is 0.609. The number of anilines is 3. The summed E-state index contributed by atoms with van der Waals surface area (Å²) in [5, 5.41) is 3.28. The van der Waals surface area contributed by atoms with Crippen LogP contribution in [0.5, 0.6) is 5.75 Å². The highest BCUT2D eigenvalue weighted by Gasteiger charge is 2.06. The smallest absolute Gasteiger partial charge is 0.143 e. The molecular weight excluding hydrogens is 407 g/mol. The zero-order valence-corrected chi connectivity index (χ0v) is 13.4. The third-order valence-corrected chi connectivity index (χ3v) is 4.81. The number of rotatable bonds is 3. The summed E-state index contributed by atoms with van der Waals surface area (Å²) >= 11 is 5.74. The molecular formula is C13H12BrIN2O. The molecule has 2 aromatic carbocycles. The molecule has 0 bridgehead atoms. The van der Waals surface area contributed by atoms with Crippen molar-refractivity contribution in [2.45, 2.75) is 0 Å². The van der Waals surface area contributed by atoms with Crippen molar-refractivity contribution < 1.29 is 4.74 Å². The molecule has 0 saturated carbocycles. The van der Waals surface area contributed by atoms with Crippen molar-refractivity contribution in [2.75, 3.05) is 18.2 Å². The molecule has 94 valence electrons. The molecule has 0 saturated heterocycles. The Morgan fingerprint density at radius 2 is 2.06 bits per heavy atom. The van der Waals surface area contributed by atoms with Crippen molar-refractivity contribution in [1.29, 1.82) is 0 Å². The number of nitrogen functional groups attached to an aromatic ring is 1. The molecule has 0 unspecified atom stereocenters. The van der Waals surface area contributed by atoms with Gasteiger partial charge in [0.1, 0.15) is 5.75 Å². The van der Waals surface area contributed by atoms with Gasteiger partial charge in [0, 0.05) is 13.7 Å². The largest absolute Gasteiger partial charge is 0.495 e. The number of hydrogen-bond donors (Lipinski definition) is 2. The van der Waals surface area contributed by atoms with Crippen molar-refractivity contribution in [1.82, 2.24) is 0 Å². The lowest BCUT2D eigenvalue weighted by atomic mass is 10.2. The van der Waals surface area contributed by atoms with Crippen LogP contribution in [0.25, 0.3) is 0 Å². The van der Waals surface area contributed by atoms with Gasteiger partial charge in [-0.1, -0.05) is 6.07 Å². The minimum Gasteiger partial charge on any atom is -0.495 e. The summed E-state index contributed by atoms with van der Waals surface area (Å²) in [6.07, 6.45) is 0. The van der Waals surface area contributed by atoms with Crippen LogP contribution in [0.15, 0.2) is 40.9 Å². The van der Waals surface area contributed by atoms with Gasteiger partial charge in [-0.25, -0.2) is 0 Å². The van der Waals surface area contributed by atoms with Crippen molar-refractivity contribution in [3.63, 3.8) is 0 Å². The number of nitrogens with two attached hydrogens (primary N) is 1. The van der Waals surface area contributed by atoms with E-state index in [-0.39, 0.29) is 0 Å². The van der Waals surface area contributed by atoms with E-state index in [1.807, 2.05) is 36.4 Å². The minimum absolute atomic E-state index is 0.609. The van der Waals surface area contributed by atoms with Crippen LogP contribution in [-0.4, -0.2) is 7.11 Å². The quantitative estimate of drug-likeness (QED) is 0.574. The molecule has 0 radical (unpaired) electrons. The predicted octanol–water partition coefficient (Wildman–Crippen LogP) is 4.39. The van der Waals surface area contributed by atoms with Crippen LogP contribution in [-0.2, 0) is 0 Å². The molecule has 0 heterocycles. The highest BCUT2D eigenvalue weighted by Crippen LogP contribution is 2.32. The summed E-state index contributed by atoms with van der Waals surface area (Å²) in [6, 6.07) is 11.7. The molecule has 0 aliphatic rings. The van der Waals surface area contributed by atoms with Crippen LogP contribution in [0.4, 0.5) is 17.1 Å². The number of methoxy groups -OCH3 is 1. The Hall–Kier alpha value is -0.950. The van der Waals surface area contributed by atoms with E-state index in [1.54, 1.807) is 7.11 Å². The third kappa shape index (κ3) is 2.89. The number of para-hydroxylation sites is 1. The van der Waals surface area contributed by atoms with Gasteiger partial charge in [-0.3, -0.25) is 0 Å². The average Bonchev–Trinajstić information content (AvgIpc) is 2.36. The maximum atomic E-state index is 6.01. The van der Waals surface area contributed by atoms with Crippen molar-refractivity contribution >= 4 is 55.6 Å². The molecule has 18 heavy (non-hydrogen) atoms. The molecule has 0 amide bonds. The average molecular weight is 419 g/mol. The normalized spacial score (nSPS) is 10.2. The molecule has 0 aliphatic heterocycles. The van der Waals surface area contributed by atoms with E-state index in [1.165, 1.54) is 0 Å². The summed E-state index contributed by atoms with van der Waals surface area (Å²) in [7, 11) is 1.61. The fourth-order valence-corrected chi connectivity index (χ4v) is 2.32. The van der Waals surface area contributed by atoms with Crippen LogP contribution in [0.1, 0.15) is 0 Å². The highest BCUT2D eigenvalue weighted by molar-refractivity contribution is 14.1. The van der Waals surface area contributed by atoms with E-state index >= 15 is 0 Å². The van der Waals surface area contributed by atoms with Gasteiger partial charge in [0.2, 0.25) is 0 Å². The predicted molar refractivity (Wildman–Crippen MR) is 87.5 cm³/mol. The molecule has 0 aliphatic carbocycles. The first-order chi connectivity index (χ1) is 8.61. The second kappa shape index (κ2) is 5.79. The zero-order chi connectivity index (χ0) is 13.1. The maximum absolute atomic E-state index is 6.01.